The molecule has 1 rings (SSSR count). The van der Waals surface area contributed by atoms with E-state index in [-0.39, 0.29) is 22.7 Å². The van der Waals surface area contributed by atoms with E-state index in [1.54, 1.807) is 11.6 Å². The quantitative estimate of drug-likeness (QED) is 0.591. The zero-order valence-electron chi connectivity index (χ0n) is 12.9. The summed E-state index contributed by atoms with van der Waals surface area (Å²) in [5.41, 5.74) is 6.23. The Hall–Kier alpha value is -1.63. The van der Waals surface area contributed by atoms with Crippen molar-refractivity contribution >= 4 is 11.5 Å². The van der Waals surface area contributed by atoms with Crippen LogP contribution in [0.15, 0.2) is 0 Å². The van der Waals surface area contributed by atoms with Crippen LogP contribution in [0.4, 0.5) is 11.5 Å². The molecule has 0 saturated heterocycles. The van der Waals surface area contributed by atoms with Crippen molar-refractivity contribution in [3.05, 3.63) is 15.8 Å². The van der Waals surface area contributed by atoms with Crippen LogP contribution in [-0.2, 0) is 0 Å². The summed E-state index contributed by atoms with van der Waals surface area (Å²) >= 11 is 0. The summed E-state index contributed by atoms with van der Waals surface area (Å²) < 4.78 is 1.66. The van der Waals surface area contributed by atoms with E-state index in [0.717, 1.165) is 6.42 Å². The number of nitrogens with two attached hydrogens (primary N) is 1. The number of hydrogen-bond acceptors (Lipinski definition) is 5. The van der Waals surface area contributed by atoms with Crippen LogP contribution in [-0.4, -0.2) is 27.3 Å². The first kappa shape index (κ1) is 16.4. The molecule has 0 radical (unpaired) electrons. The maximum atomic E-state index is 11.3. The van der Waals surface area contributed by atoms with Gasteiger partial charge in [-0.25, -0.2) is 4.68 Å². The van der Waals surface area contributed by atoms with Crippen molar-refractivity contribution < 1.29 is 4.92 Å². The van der Waals surface area contributed by atoms with Gasteiger partial charge in [0.1, 0.15) is 5.69 Å². The molecule has 1 atom stereocenters. The zero-order chi connectivity index (χ0) is 15.4. The van der Waals surface area contributed by atoms with Crippen molar-refractivity contribution in [1.29, 1.82) is 0 Å². The number of rotatable bonds is 7. The van der Waals surface area contributed by atoms with Crippen LogP contribution in [0.5, 0.6) is 0 Å². The predicted molar refractivity (Wildman–Crippen MR) is 79.9 cm³/mol. The summed E-state index contributed by atoms with van der Waals surface area (Å²) in [6.45, 7) is 10.2. The van der Waals surface area contributed by atoms with E-state index in [9.17, 15) is 10.1 Å². The predicted octanol–water partition coefficient (Wildman–Crippen LogP) is 2.47. The summed E-state index contributed by atoms with van der Waals surface area (Å²) in [5, 5.41) is 18.7. The molecule has 0 aliphatic rings. The van der Waals surface area contributed by atoms with Gasteiger partial charge in [-0.15, -0.1) is 0 Å². The van der Waals surface area contributed by atoms with E-state index in [4.69, 9.17) is 5.73 Å². The minimum atomic E-state index is -0.382. The summed E-state index contributed by atoms with van der Waals surface area (Å²) in [6.07, 6.45) is 0.857. The first-order valence-electron chi connectivity index (χ1n) is 6.98. The number of nitrogens with one attached hydrogen (secondary N) is 1. The summed E-state index contributed by atoms with van der Waals surface area (Å²) in [7, 11) is 0. The van der Waals surface area contributed by atoms with Gasteiger partial charge in [0, 0.05) is 18.6 Å². The monoisotopic (exact) mass is 283 g/mol. The molecule has 7 nitrogen and oxygen atoms in total. The fraction of sp³-hybridized carbons (Fsp3) is 0.769. The van der Waals surface area contributed by atoms with Crippen LogP contribution in [0.3, 0.4) is 0 Å². The van der Waals surface area contributed by atoms with Gasteiger partial charge in [0.25, 0.3) is 0 Å². The van der Waals surface area contributed by atoms with Gasteiger partial charge in [0.2, 0.25) is 5.82 Å². The minimum Gasteiger partial charge on any atom is -0.361 e. The molecule has 1 aromatic rings. The second-order valence-corrected chi connectivity index (χ2v) is 5.78. The van der Waals surface area contributed by atoms with Crippen LogP contribution in [0.2, 0.25) is 0 Å². The molecule has 0 spiro atoms. The standard InChI is InChI=1S/C13H25N5O2/c1-8(2)6-11(7-14)15-13-12(18(19)20)10(5)16-17(13)9(3)4/h8-9,11,15H,6-7,14H2,1-5H3. The molecule has 0 saturated carbocycles. The zero-order valence-corrected chi connectivity index (χ0v) is 12.9. The Balaban J connectivity index is 3.16. The highest BCUT2D eigenvalue weighted by Crippen LogP contribution is 2.31. The van der Waals surface area contributed by atoms with Crippen LogP contribution in [0.25, 0.3) is 0 Å². The molecule has 0 fully saturated rings. The Kier molecular flexibility index (Phi) is 5.50. The highest BCUT2D eigenvalue weighted by molar-refractivity contribution is 5.60. The van der Waals surface area contributed by atoms with E-state index in [1.807, 2.05) is 13.8 Å². The Morgan fingerprint density at radius 3 is 2.40 bits per heavy atom. The largest absolute Gasteiger partial charge is 0.361 e. The van der Waals surface area contributed by atoms with Crippen molar-refractivity contribution in [2.24, 2.45) is 11.7 Å². The molecule has 7 heteroatoms. The normalized spacial score (nSPS) is 13.0. The SMILES string of the molecule is Cc1nn(C(C)C)c(NC(CN)CC(C)C)c1[N+](=O)[O-]. The van der Waals surface area contributed by atoms with Crippen molar-refractivity contribution in [1.82, 2.24) is 9.78 Å². The molecule has 0 aliphatic carbocycles. The topological polar surface area (TPSA) is 99.0 Å². The van der Waals surface area contributed by atoms with Crippen LogP contribution in [0.1, 0.15) is 45.9 Å². The highest BCUT2D eigenvalue weighted by Gasteiger charge is 2.28. The average Bonchev–Trinajstić information content (AvgIpc) is 2.64. The number of hydrogen-bond donors (Lipinski definition) is 2. The fourth-order valence-electron chi connectivity index (χ4n) is 2.24. The molecule has 0 bridgehead atoms. The third kappa shape index (κ3) is 3.69. The van der Waals surface area contributed by atoms with E-state index in [1.165, 1.54) is 0 Å². The third-order valence-electron chi connectivity index (χ3n) is 3.11. The van der Waals surface area contributed by atoms with Crippen LogP contribution < -0.4 is 11.1 Å². The molecule has 0 aromatic carbocycles. The lowest BCUT2D eigenvalue weighted by Gasteiger charge is -2.21. The second-order valence-electron chi connectivity index (χ2n) is 5.78. The molecule has 1 aromatic heterocycles. The molecule has 3 N–H and O–H groups in total. The maximum Gasteiger partial charge on any atom is 0.333 e. The van der Waals surface area contributed by atoms with Gasteiger partial charge in [-0.1, -0.05) is 13.8 Å². The van der Waals surface area contributed by atoms with Crippen molar-refractivity contribution in [2.75, 3.05) is 11.9 Å². The highest BCUT2D eigenvalue weighted by atomic mass is 16.6. The molecule has 0 aliphatic heterocycles. The van der Waals surface area contributed by atoms with Gasteiger partial charge in [-0.05, 0) is 33.1 Å². The van der Waals surface area contributed by atoms with Gasteiger partial charge >= 0.3 is 5.69 Å². The van der Waals surface area contributed by atoms with Crippen LogP contribution >= 0.6 is 0 Å². The summed E-state index contributed by atoms with van der Waals surface area (Å²) in [4.78, 5) is 10.9. The Morgan fingerprint density at radius 1 is 1.40 bits per heavy atom. The van der Waals surface area contributed by atoms with Crippen molar-refractivity contribution in [2.45, 2.75) is 53.1 Å². The summed E-state index contributed by atoms with van der Waals surface area (Å²) in [6, 6.07) is 0.0460. The van der Waals surface area contributed by atoms with Gasteiger partial charge < -0.3 is 11.1 Å². The lowest BCUT2D eigenvalue weighted by atomic mass is 10.0. The minimum absolute atomic E-state index is 0.00213. The molecule has 1 heterocycles. The van der Waals surface area contributed by atoms with Gasteiger partial charge in [-0.2, -0.15) is 5.10 Å². The average molecular weight is 283 g/mol. The number of nitro groups is 1. The van der Waals surface area contributed by atoms with E-state index >= 15 is 0 Å². The van der Waals surface area contributed by atoms with Gasteiger partial charge in [0.15, 0.2) is 0 Å². The molecular weight excluding hydrogens is 258 g/mol. The van der Waals surface area contributed by atoms with Gasteiger partial charge in [0.05, 0.1) is 4.92 Å². The Morgan fingerprint density at radius 2 is 2.00 bits per heavy atom. The van der Waals surface area contributed by atoms with E-state index in [0.29, 0.717) is 24.0 Å². The molecule has 0 amide bonds. The molecular formula is C13H25N5O2. The van der Waals surface area contributed by atoms with Gasteiger partial charge in [-0.3, -0.25) is 10.1 Å². The molecule has 1 unspecified atom stereocenters. The van der Waals surface area contributed by atoms with E-state index < -0.39 is 0 Å². The van der Waals surface area contributed by atoms with Crippen LogP contribution in [0, 0.1) is 23.0 Å². The second kappa shape index (κ2) is 6.69. The van der Waals surface area contributed by atoms with Crippen molar-refractivity contribution in [3.63, 3.8) is 0 Å². The van der Waals surface area contributed by atoms with Crippen molar-refractivity contribution in [3.8, 4) is 0 Å². The first-order chi connectivity index (χ1) is 9.27. The number of aromatic nitrogens is 2. The number of aryl methyl sites for hydroxylation is 1. The fourth-order valence-corrected chi connectivity index (χ4v) is 2.24. The number of anilines is 1. The third-order valence-corrected chi connectivity index (χ3v) is 3.11. The Bertz CT molecular complexity index is 468. The smallest absolute Gasteiger partial charge is 0.333 e. The maximum absolute atomic E-state index is 11.3. The number of nitrogens with zero attached hydrogens (tertiary/aromatic N) is 3. The molecule has 114 valence electrons. The summed E-state index contributed by atoms with van der Waals surface area (Å²) in [5.74, 6) is 0.922. The van der Waals surface area contributed by atoms with E-state index in [2.05, 4.69) is 24.3 Å². The lowest BCUT2D eigenvalue weighted by Crippen LogP contribution is -2.31. The lowest BCUT2D eigenvalue weighted by molar-refractivity contribution is -0.384. The first-order valence-corrected chi connectivity index (χ1v) is 6.98. The Labute approximate surface area is 119 Å². The molecule has 20 heavy (non-hydrogen) atoms.